The number of nitrogens with zero attached hydrogens (tertiary/aromatic N) is 4. The summed E-state index contributed by atoms with van der Waals surface area (Å²) in [5.74, 6) is -0.0941. The fourth-order valence-electron chi connectivity index (χ4n) is 8.36. The van der Waals surface area contributed by atoms with Crippen molar-refractivity contribution in [3.63, 3.8) is 0 Å². The SMILES string of the molecule is C[C@@H]1[C@@H](C)C/C=C/[C@@](O)(c2nc(CO)nn2C)[C@@H]2CC[C@H]2CN2C[C@@]3(CCCc4cc(Cl)ccc43)COc3ccc(cc32)C(=O)NS1(=O)=O. The highest BCUT2D eigenvalue weighted by atomic mass is 35.5. The van der Waals surface area contributed by atoms with Crippen molar-refractivity contribution in [1.29, 1.82) is 0 Å². The topological polar surface area (TPSA) is 147 Å². The van der Waals surface area contributed by atoms with Crippen LogP contribution in [0.25, 0.3) is 0 Å². The van der Waals surface area contributed by atoms with E-state index in [2.05, 4.69) is 25.8 Å². The lowest BCUT2D eigenvalue weighted by atomic mass is 9.63. The van der Waals surface area contributed by atoms with E-state index in [1.54, 1.807) is 38.2 Å². The third-order valence-corrected chi connectivity index (χ3v) is 13.6. The molecule has 13 heteroatoms. The van der Waals surface area contributed by atoms with E-state index in [9.17, 15) is 23.4 Å². The van der Waals surface area contributed by atoms with Crippen LogP contribution in [0.3, 0.4) is 0 Å². The summed E-state index contributed by atoms with van der Waals surface area (Å²) in [6.45, 7) is 4.63. The quantitative estimate of drug-likeness (QED) is 0.330. The lowest BCUT2D eigenvalue weighted by Crippen LogP contribution is -2.52. The van der Waals surface area contributed by atoms with Crippen LogP contribution in [0.5, 0.6) is 5.75 Å². The Labute approximate surface area is 292 Å². The number of allylic oxidation sites excluding steroid dienone is 1. The molecule has 2 bridgehead atoms. The third-order valence-electron chi connectivity index (χ3n) is 11.4. The lowest BCUT2D eigenvalue weighted by molar-refractivity contribution is -0.0583. The van der Waals surface area contributed by atoms with Gasteiger partial charge in [0.05, 0.1) is 17.5 Å². The van der Waals surface area contributed by atoms with E-state index in [4.69, 9.17) is 16.3 Å². The van der Waals surface area contributed by atoms with E-state index in [1.807, 2.05) is 25.1 Å². The summed E-state index contributed by atoms with van der Waals surface area (Å²) >= 11 is 6.44. The number of aliphatic hydroxyl groups excluding tert-OH is 1. The molecule has 0 radical (unpaired) electrons. The second kappa shape index (κ2) is 12.7. The minimum atomic E-state index is -4.04. The van der Waals surface area contributed by atoms with Crippen molar-refractivity contribution < 1.29 is 28.2 Å². The maximum atomic E-state index is 13.5. The Kier molecular flexibility index (Phi) is 8.82. The average molecular weight is 710 g/mol. The highest BCUT2D eigenvalue weighted by Gasteiger charge is 2.51. The molecule has 49 heavy (non-hydrogen) atoms. The molecule has 3 heterocycles. The van der Waals surface area contributed by atoms with E-state index in [0.29, 0.717) is 48.4 Å². The van der Waals surface area contributed by atoms with Gasteiger partial charge in [0.1, 0.15) is 18.0 Å². The normalized spacial score (nSPS) is 31.8. The van der Waals surface area contributed by atoms with Crippen LogP contribution < -0.4 is 14.4 Å². The third kappa shape index (κ3) is 6.04. The van der Waals surface area contributed by atoms with Crippen LogP contribution in [0, 0.1) is 17.8 Å². The number of hydrogen-bond acceptors (Lipinski definition) is 9. The molecule has 3 N–H and O–H groups in total. The molecule has 2 aliphatic heterocycles. The Morgan fingerprint density at radius 2 is 1.98 bits per heavy atom. The summed E-state index contributed by atoms with van der Waals surface area (Å²) in [7, 11) is -2.33. The number of aryl methyl sites for hydroxylation is 2. The van der Waals surface area contributed by atoms with Crippen LogP contribution in [0.1, 0.15) is 79.1 Å². The number of ether oxygens (including phenoxy) is 1. The summed E-state index contributed by atoms with van der Waals surface area (Å²) in [5.41, 5.74) is 1.47. The maximum absolute atomic E-state index is 13.5. The maximum Gasteiger partial charge on any atom is 0.264 e. The number of anilines is 1. The second-order valence-corrected chi connectivity index (χ2v) is 17.0. The number of amides is 1. The number of halogens is 1. The van der Waals surface area contributed by atoms with Crippen LogP contribution >= 0.6 is 11.6 Å². The van der Waals surface area contributed by atoms with Crippen LogP contribution in [-0.4, -0.2) is 64.2 Å². The molecule has 11 nitrogen and oxygen atoms in total. The number of sulfonamides is 1. The van der Waals surface area contributed by atoms with Gasteiger partial charge in [-0.2, -0.15) is 5.10 Å². The van der Waals surface area contributed by atoms with E-state index >= 15 is 0 Å². The van der Waals surface area contributed by atoms with Gasteiger partial charge in [-0.25, -0.2) is 22.8 Å². The Balaban J connectivity index is 1.36. The van der Waals surface area contributed by atoms with Crippen LogP contribution in [0.4, 0.5) is 5.69 Å². The number of carbonyl (C=O) groups excluding carboxylic acids is 1. The van der Waals surface area contributed by atoms with Gasteiger partial charge < -0.3 is 19.8 Å². The first-order chi connectivity index (χ1) is 23.3. The predicted molar refractivity (Wildman–Crippen MR) is 186 cm³/mol. The molecular formula is C36H44ClN5O6S. The zero-order valence-corrected chi connectivity index (χ0v) is 29.7. The molecule has 3 aromatic rings. The van der Waals surface area contributed by atoms with Crippen molar-refractivity contribution in [2.75, 3.05) is 24.6 Å². The molecule has 2 aromatic carbocycles. The molecule has 262 valence electrons. The average Bonchev–Trinajstić information content (AvgIpc) is 3.38. The Morgan fingerprint density at radius 3 is 2.71 bits per heavy atom. The number of rotatable bonds is 2. The Bertz CT molecular complexity index is 1910. The van der Waals surface area contributed by atoms with Crippen molar-refractivity contribution in [2.24, 2.45) is 24.8 Å². The van der Waals surface area contributed by atoms with E-state index < -0.39 is 26.8 Å². The molecular weight excluding hydrogens is 666 g/mol. The van der Waals surface area contributed by atoms with Crippen molar-refractivity contribution in [3.05, 3.63) is 81.9 Å². The standard InChI is InChI=1S/C36H44ClN5O6S/c1-22-6-4-15-36(45,34-38-32(19-43)39-41(34)3)29-11-8-26(29)18-42-20-35(14-5-7-24-16-27(37)10-12-28(24)35)21-48-31-13-9-25(17-30(31)42)33(44)40-49(46,47)23(22)2/h4,9-10,12-13,15-17,22-23,26,29,43,45H,5-8,11,14,18-21H2,1-3H3,(H,40,44)/b15-4+/t22-,23+,26-,29+,35-,36-/m0/s1. The van der Waals surface area contributed by atoms with Gasteiger partial charge in [-0.15, -0.1) is 0 Å². The molecule has 6 atom stereocenters. The summed E-state index contributed by atoms with van der Waals surface area (Å²) in [6.07, 6.45) is 8.29. The minimum absolute atomic E-state index is 0.0299. The highest BCUT2D eigenvalue weighted by molar-refractivity contribution is 7.90. The van der Waals surface area contributed by atoms with Gasteiger partial charge >= 0.3 is 0 Å². The molecule has 1 aromatic heterocycles. The predicted octanol–water partition coefficient (Wildman–Crippen LogP) is 4.39. The smallest absolute Gasteiger partial charge is 0.264 e. The molecule has 0 saturated heterocycles. The van der Waals surface area contributed by atoms with E-state index in [1.165, 1.54) is 15.8 Å². The van der Waals surface area contributed by atoms with Crippen molar-refractivity contribution in [1.82, 2.24) is 19.5 Å². The van der Waals surface area contributed by atoms with E-state index in [0.717, 1.165) is 32.1 Å². The summed E-state index contributed by atoms with van der Waals surface area (Å²) in [6, 6.07) is 11.2. The Hall–Kier alpha value is -3.45. The van der Waals surface area contributed by atoms with Crippen LogP contribution in [-0.2, 0) is 41.1 Å². The zero-order chi connectivity index (χ0) is 34.7. The molecule has 1 fully saturated rings. The fraction of sp³-hybridized carbons (Fsp3) is 0.528. The molecule has 1 amide bonds. The lowest BCUT2D eigenvalue weighted by Gasteiger charge is -2.48. The first kappa shape index (κ1) is 34.0. The van der Waals surface area contributed by atoms with Gasteiger partial charge in [-0.3, -0.25) is 4.79 Å². The number of carbonyl (C=O) groups is 1. The van der Waals surface area contributed by atoms with Gasteiger partial charge in [0.25, 0.3) is 5.91 Å². The largest absolute Gasteiger partial charge is 0.490 e. The zero-order valence-electron chi connectivity index (χ0n) is 28.1. The highest BCUT2D eigenvalue weighted by Crippen LogP contribution is 2.50. The van der Waals surface area contributed by atoms with Crippen molar-refractivity contribution in [2.45, 2.75) is 75.2 Å². The molecule has 1 spiro atoms. The second-order valence-electron chi connectivity index (χ2n) is 14.5. The van der Waals surface area contributed by atoms with Gasteiger partial charge in [-0.1, -0.05) is 30.7 Å². The number of benzene rings is 2. The number of nitrogens with one attached hydrogen (secondary N) is 1. The molecule has 4 aliphatic rings. The van der Waals surface area contributed by atoms with Gasteiger partial charge in [0, 0.05) is 42.1 Å². The van der Waals surface area contributed by atoms with Crippen molar-refractivity contribution in [3.8, 4) is 5.75 Å². The number of hydrogen-bond donors (Lipinski definition) is 3. The van der Waals surface area contributed by atoms with Gasteiger partial charge in [-0.05, 0) is 105 Å². The van der Waals surface area contributed by atoms with E-state index in [-0.39, 0.29) is 41.2 Å². The summed E-state index contributed by atoms with van der Waals surface area (Å²) in [4.78, 5) is 20.3. The molecule has 2 aliphatic carbocycles. The monoisotopic (exact) mass is 709 g/mol. The van der Waals surface area contributed by atoms with Gasteiger partial charge in [0.15, 0.2) is 11.6 Å². The summed E-state index contributed by atoms with van der Waals surface area (Å²) in [5, 5.41) is 26.6. The van der Waals surface area contributed by atoms with Crippen molar-refractivity contribution >= 4 is 33.2 Å². The van der Waals surface area contributed by atoms with Crippen LogP contribution in [0.15, 0.2) is 48.6 Å². The molecule has 7 rings (SSSR count). The number of fused-ring (bicyclic) bond motifs is 4. The van der Waals surface area contributed by atoms with Crippen LogP contribution in [0.2, 0.25) is 5.02 Å². The first-order valence-corrected chi connectivity index (χ1v) is 19.0. The Morgan fingerprint density at radius 1 is 1.16 bits per heavy atom. The molecule has 1 saturated carbocycles. The number of aromatic nitrogens is 3. The minimum Gasteiger partial charge on any atom is -0.490 e. The first-order valence-electron chi connectivity index (χ1n) is 17.1. The summed E-state index contributed by atoms with van der Waals surface area (Å²) < 4.78 is 37.3. The fourth-order valence-corrected chi connectivity index (χ4v) is 9.84. The van der Waals surface area contributed by atoms with Gasteiger partial charge in [0.2, 0.25) is 10.0 Å². The number of aliphatic hydroxyl groups is 2. The molecule has 0 unspecified atom stereocenters.